The first-order valence-electron chi connectivity index (χ1n) is 9.24. The largest absolute Gasteiger partial charge is 0.357 e. The van der Waals surface area contributed by atoms with Gasteiger partial charge in [0.15, 0.2) is 0 Å². The molecule has 4 aromatic rings. The van der Waals surface area contributed by atoms with Crippen LogP contribution in [0.25, 0.3) is 10.9 Å². The molecule has 3 heterocycles. The topological polar surface area (TPSA) is 58.5 Å². The van der Waals surface area contributed by atoms with Crippen molar-refractivity contribution < 1.29 is 0 Å². The summed E-state index contributed by atoms with van der Waals surface area (Å²) < 4.78 is 1.97. The van der Waals surface area contributed by atoms with E-state index in [0.29, 0.717) is 6.04 Å². The third kappa shape index (κ3) is 3.50. The fourth-order valence-electron chi connectivity index (χ4n) is 3.73. The smallest absolute Gasteiger partial charge is 0.0929 e. The van der Waals surface area contributed by atoms with Crippen LogP contribution in [-0.2, 0) is 25.3 Å². The molecule has 2 aromatic heterocycles. The van der Waals surface area contributed by atoms with Gasteiger partial charge < -0.3 is 10.3 Å². The molecule has 1 atom stereocenters. The van der Waals surface area contributed by atoms with Crippen molar-refractivity contribution in [3.8, 4) is 0 Å². The van der Waals surface area contributed by atoms with Gasteiger partial charge in [-0.15, -0.1) is 16.9 Å². The lowest BCUT2D eigenvalue weighted by Gasteiger charge is -2.24. The summed E-state index contributed by atoms with van der Waals surface area (Å²) in [5, 5.41) is 13.6. The van der Waals surface area contributed by atoms with Gasteiger partial charge in [-0.3, -0.25) is 4.68 Å². The maximum atomic E-state index is 4.34. The molecule has 0 saturated heterocycles. The normalized spacial score (nSPS) is 16.5. The van der Waals surface area contributed by atoms with E-state index in [1.807, 2.05) is 10.7 Å². The van der Waals surface area contributed by atoms with E-state index in [2.05, 4.69) is 75.3 Å². The van der Waals surface area contributed by atoms with Crippen molar-refractivity contribution >= 4 is 22.7 Å². The van der Waals surface area contributed by atoms with E-state index < -0.39 is 0 Å². The highest BCUT2D eigenvalue weighted by molar-refractivity contribution is 7.98. The van der Waals surface area contributed by atoms with Crippen LogP contribution in [0.4, 0.5) is 0 Å². The number of hydrogen-bond acceptors (Lipinski definition) is 4. The summed E-state index contributed by atoms with van der Waals surface area (Å²) in [4.78, 5) is 4.79. The van der Waals surface area contributed by atoms with Crippen molar-refractivity contribution in [3.63, 3.8) is 0 Å². The zero-order chi connectivity index (χ0) is 18.1. The number of para-hydroxylation sites is 1. The number of nitrogens with one attached hydrogen (secondary N) is 2. The Kier molecular flexibility index (Phi) is 4.43. The molecule has 5 nitrogen and oxygen atoms in total. The molecule has 1 aliphatic heterocycles. The second-order valence-corrected chi connectivity index (χ2v) is 7.99. The number of fused-ring (bicyclic) bond motifs is 3. The molecule has 0 aliphatic carbocycles. The Hall–Kier alpha value is -2.57. The summed E-state index contributed by atoms with van der Waals surface area (Å²) in [6, 6.07) is 19.3. The van der Waals surface area contributed by atoms with Gasteiger partial charge in [0.2, 0.25) is 0 Å². The Balaban J connectivity index is 1.24. The molecular formula is C21H21N5S. The number of hydrogen-bond donors (Lipinski definition) is 2. The minimum absolute atomic E-state index is 0.369. The van der Waals surface area contributed by atoms with Gasteiger partial charge in [-0.05, 0) is 30.2 Å². The highest BCUT2D eigenvalue weighted by Gasteiger charge is 2.22. The van der Waals surface area contributed by atoms with Crippen LogP contribution in [0.3, 0.4) is 0 Å². The van der Waals surface area contributed by atoms with E-state index in [0.717, 1.165) is 31.0 Å². The number of thioether (sulfide) groups is 1. The highest BCUT2D eigenvalue weighted by Crippen LogP contribution is 2.27. The third-order valence-corrected chi connectivity index (χ3v) is 6.09. The molecule has 0 spiro atoms. The van der Waals surface area contributed by atoms with Crippen molar-refractivity contribution in [2.45, 2.75) is 36.2 Å². The molecule has 6 heteroatoms. The molecule has 2 aromatic carbocycles. The number of benzene rings is 2. The molecule has 0 radical (unpaired) electrons. The Labute approximate surface area is 162 Å². The molecule has 0 saturated carbocycles. The second kappa shape index (κ2) is 7.21. The number of rotatable bonds is 5. The predicted molar refractivity (Wildman–Crippen MR) is 109 cm³/mol. The number of nitrogens with zero attached hydrogens (tertiary/aromatic N) is 3. The van der Waals surface area contributed by atoms with Gasteiger partial charge in [-0.1, -0.05) is 41.6 Å². The lowest BCUT2D eigenvalue weighted by molar-refractivity contribution is 0.398. The summed E-state index contributed by atoms with van der Waals surface area (Å²) in [5.74, 6) is 0.842. The Morgan fingerprint density at radius 3 is 2.85 bits per heavy atom. The fourth-order valence-corrected chi connectivity index (χ4v) is 4.52. The Morgan fingerprint density at radius 1 is 1.07 bits per heavy atom. The quantitative estimate of drug-likeness (QED) is 0.522. The van der Waals surface area contributed by atoms with Crippen molar-refractivity contribution in [2.75, 3.05) is 0 Å². The molecule has 5 rings (SSSR count). The summed E-state index contributed by atoms with van der Waals surface area (Å²) in [6.07, 6.45) is 3.08. The summed E-state index contributed by atoms with van der Waals surface area (Å²) in [5.41, 5.74) is 5.00. The van der Waals surface area contributed by atoms with Crippen LogP contribution < -0.4 is 5.32 Å². The first-order chi connectivity index (χ1) is 13.3. The van der Waals surface area contributed by atoms with Gasteiger partial charge in [0.25, 0.3) is 0 Å². The summed E-state index contributed by atoms with van der Waals surface area (Å²) in [6.45, 7) is 1.71. The maximum absolute atomic E-state index is 4.34. The predicted octanol–water partition coefficient (Wildman–Crippen LogP) is 3.77. The van der Waals surface area contributed by atoms with Gasteiger partial charge in [0.05, 0.1) is 12.2 Å². The fraction of sp³-hybridized carbons (Fsp3) is 0.238. The lowest BCUT2D eigenvalue weighted by Crippen LogP contribution is -2.38. The van der Waals surface area contributed by atoms with Crippen LogP contribution in [0.15, 0.2) is 65.7 Å². The Morgan fingerprint density at radius 2 is 1.93 bits per heavy atom. The van der Waals surface area contributed by atoms with Crippen LogP contribution in [0, 0.1) is 0 Å². The van der Waals surface area contributed by atoms with E-state index in [4.69, 9.17) is 0 Å². The molecule has 1 aliphatic rings. The molecule has 0 bridgehead atoms. The maximum Gasteiger partial charge on any atom is 0.0929 e. The minimum atomic E-state index is 0.369. The summed E-state index contributed by atoms with van der Waals surface area (Å²) >= 11 is 1.79. The number of aromatic nitrogens is 4. The number of aromatic amines is 1. The molecule has 0 amide bonds. The highest BCUT2D eigenvalue weighted by atomic mass is 32.2. The summed E-state index contributed by atoms with van der Waals surface area (Å²) in [7, 11) is 0. The van der Waals surface area contributed by atoms with Crippen molar-refractivity contribution in [3.05, 3.63) is 77.7 Å². The average Bonchev–Trinajstić information content (AvgIpc) is 3.31. The monoisotopic (exact) mass is 375 g/mol. The van der Waals surface area contributed by atoms with Crippen LogP contribution in [0.5, 0.6) is 0 Å². The van der Waals surface area contributed by atoms with E-state index in [-0.39, 0.29) is 0 Å². The van der Waals surface area contributed by atoms with Crippen molar-refractivity contribution in [1.82, 2.24) is 25.3 Å². The van der Waals surface area contributed by atoms with E-state index in [9.17, 15) is 0 Å². The van der Waals surface area contributed by atoms with Crippen LogP contribution in [0.2, 0.25) is 0 Å². The minimum Gasteiger partial charge on any atom is -0.357 e. The molecular weight excluding hydrogens is 354 g/mol. The average molecular weight is 376 g/mol. The first-order valence-corrected chi connectivity index (χ1v) is 10.2. The van der Waals surface area contributed by atoms with Gasteiger partial charge in [0, 0.05) is 46.0 Å². The van der Waals surface area contributed by atoms with Crippen LogP contribution in [-0.4, -0.2) is 26.0 Å². The SMILES string of the molecule is c1ccc(SCc2cn(C[C@@H]3Cc4c([nH]c5ccccc45)CN3)nn2)cc1. The number of H-pyrrole nitrogens is 1. The lowest BCUT2D eigenvalue weighted by atomic mass is 9.98. The van der Waals surface area contributed by atoms with Gasteiger partial charge in [-0.25, -0.2) is 0 Å². The second-order valence-electron chi connectivity index (χ2n) is 6.94. The molecule has 0 fully saturated rings. The van der Waals surface area contributed by atoms with E-state index in [1.165, 1.54) is 27.1 Å². The van der Waals surface area contributed by atoms with Crippen LogP contribution in [0.1, 0.15) is 17.0 Å². The molecule has 0 unspecified atom stereocenters. The molecule has 27 heavy (non-hydrogen) atoms. The van der Waals surface area contributed by atoms with E-state index >= 15 is 0 Å². The molecule has 2 N–H and O–H groups in total. The van der Waals surface area contributed by atoms with Crippen molar-refractivity contribution in [1.29, 1.82) is 0 Å². The zero-order valence-electron chi connectivity index (χ0n) is 14.9. The third-order valence-electron chi connectivity index (χ3n) is 5.04. The first kappa shape index (κ1) is 16.6. The molecule has 136 valence electrons. The Bertz CT molecular complexity index is 1050. The van der Waals surface area contributed by atoms with Crippen molar-refractivity contribution in [2.24, 2.45) is 0 Å². The van der Waals surface area contributed by atoms with Gasteiger partial charge in [0.1, 0.15) is 0 Å². The van der Waals surface area contributed by atoms with Gasteiger partial charge in [-0.2, -0.15) is 0 Å². The standard InChI is InChI=1S/C21H21N5S/c1-2-6-17(7-3-1)27-14-16-13-26(25-24-16)12-15-10-19-18-8-4-5-9-20(18)23-21(19)11-22-15/h1-9,13,15,22-23H,10-12,14H2/t15-/m0/s1. The van der Waals surface area contributed by atoms with E-state index in [1.54, 1.807) is 11.8 Å². The zero-order valence-corrected chi connectivity index (χ0v) is 15.7. The van der Waals surface area contributed by atoms with Gasteiger partial charge >= 0.3 is 0 Å². The van der Waals surface area contributed by atoms with Crippen LogP contribution >= 0.6 is 11.8 Å².